The van der Waals surface area contributed by atoms with Crippen molar-refractivity contribution in [3.05, 3.63) is 18.1 Å². The van der Waals surface area contributed by atoms with Crippen LogP contribution >= 0.6 is 0 Å². The fraction of sp³-hybridized carbons (Fsp3) is 0.583. The van der Waals surface area contributed by atoms with Gasteiger partial charge in [0.1, 0.15) is 0 Å². The van der Waals surface area contributed by atoms with Crippen LogP contribution in [0.4, 0.5) is 5.82 Å². The summed E-state index contributed by atoms with van der Waals surface area (Å²) in [6, 6.07) is 0.172. The molecule has 18 heavy (non-hydrogen) atoms. The first-order chi connectivity index (χ1) is 8.70. The van der Waals surface area contributed by atoms with Gasteiger partial charge in [-0.15, -0.1) is 0 Å². The minimum Gasteiger partial charge on any atom is -0.382 e. The molecule has 0 spiro atoms. The number of rotatable bonds is 3. The highest BCUT2D eigenvalue weighted by Gasteiger charge is 2.23. The van der Waals surface area contributed by atoms with Gasteiger partial charge < -0.3 is 15.8 Å². The molecular formula is C12H18N4O2. The Labute approximate surface area is 106 Å². The maximum absolute atomic E-state index is 12.0. The number of nitrogen functional groups attached to an aromatic ring is 1. The van der Waals surface area contributed by atoms with Crippen LogP contribution in [0.25, 0.3) is 0 Å². The van der Waals surface area contributed by atoms with Crippen LogP contribution in [0, 0.1) is 0 Å². The fourth-order valence-electron chi connectivity index (χ4n) is 2.22. The first kappa shape index (κ1) is 12.8. The molecule has 1 heterocycles. The molecule has 0 radical (unpaired) electrons. The number of ether oxygens (including phenoxy) is 1. The molecule has 1 aromatic rings. The van der Waals surface area contributed by atoms with Gasteiger partial charge in [-0.1, -0.05) is 0 Å². The Kier molecular flexibility index (Phi) is 4.09. The number of aromatic nitrogens is 2. The molecule has 1 aliphatic rings. The summed E-state index contributed by atoms with van der Waals surface area (Å²) in [6.45, 7) is 0. The lowest BCUT2D eigenvalue weighted by molar-refractivity contribution is 0.0598. The van der Waals surface area contributed by atoms with Crippen molar-refractivity contribution in [3.8, 4) is 0 Å². The summed E-state index contributed by atoms with van der Waals surface area (Å²) in [7, 11) is 1.73. The molecule has 6 nitrogen and oxygen atoms in total. The molecule has 6 heteroatoms. The van der Waals surface area contributed by atoms with Crippen molar-refractivity contribution in [3.63, 3.8) is 0 Å². The summed E-state index contributed by atoms with van der Waals surface area (Å²) in [6.07, 6.45) is 7.03. The summed E-state index contributed by atoms with van der Waals surface area (Å²) < 4.78 is 5.29. The van der Waals surface area contributed by atoms with Crippen LogP contribution in [0.5, 0.6) is 0 Å². The maximum atomic E-state index is 12.0. The van der Waals surface area contributed by atoms with Crippen molar-refractivity contribution in [2.75, 3.05) is 12.8 Å². The third-order valence-electron chi connectivity index (χ3n) is 3.28. The molecule has 0 unspecified atom stereocenters. The van der Waals surface area contributed by atoms with Gasteiger partial charge in [-0.05, 0) is 25.7 Å². The molecule has 0 atom stereocenters. The van der Waals surface area contributed by atoms with Crippen LogP contribution in [0.3, 0.4) is 0 Å². The van der Waals surface area contributed by atoms with Crippen LogP contribution in [0.1, 0.15) is 36.2 Å². The van der Waals surface area contributed by atoms with E-state index in [-0.39, 0.29) is 23.5 Å². The SMILES string of the molecule is COC1CCC(NC(=O)c2nccnc2N)CC1. The molecule has 98 valence electrons. The molecular weight excluding hydrogens is 232 g/mol. The van der Waals surface area contributed by atoms with Crippen LogP contribution < -0.4 is 11.1 Å². The number of hydrogen-bond acceptors (Lipinski definition) is 5. The normalized spacial score (nSPS) is 23.6. The third-order valence-corrected chi connectivity index (χ3v) is 3.28. The molecule has 0 saturated heterocycles. The number of anilines is 1. The molecule has 1 saturated carbocycles. The van der Waals surface area contributed by atoms with Crippen LogP contribution in [0.15, 0.2) is 12.4 Å². The molecule has 1 aliphatic carbocycles. The predicted octanol–water partition coefficient (Wildman–Crippen LogP) is 0.746. The molecule has 0 bridgehead atoms. The Morgan fingerprint density at radius 3 is 2.61 bits per heavy atom. The van der Waals surface area contributed by atoms with Gasteiger partial charge in [0.05, 0.1) is 6.10 Å². The zero-order valence-electron chi connectivity index (χ0n) is 10.4. The molecule has 0 aromatic carbocycles. The summed E-state index contributed by atoms with van der Waals surface area (Å²) in [5.41, 5.74) is 5.82. The smallest absolute Gasteiger partial charge is 0.273 e. The van der Waals surface area contributed by atoms with Gasteiger partial charge in [-0.25, -0.2) is 9.97 Å². The highest BCUT2D eigenvalue weighted by Crippen LogP contribution is 2.21. The third kappa shape index (κ3) is 2.95. The highest BCUT2D eigenvalue weighted by atomic mass is 16.5. The number of methoxy groups -OCH3 is 1. The van der Waals surface area contributed by atoms with Gasteiger partial charge in [0.25, 0.3) is 5.91 Å². The van der Waals surface area contributed by atoms with Crippen LogP contribution in [-0.2, 0) is 4.74 Å². The van der Waals surface area contributed by atoms with Crippen molar-refractivity contribution in [1.82, 2.24) is 15.3 Å². The van der Waals surface area contributed by atoms with Gasteiger partial charge >= 0.3 is 0 Å². The van der Waals surface area contributed by atoms with Gasteiger partial charge in [0.2, 0.25) is 0 Å². The van der Waals surface area contributed by atoms with Gasteiger partial charge in [-0.3, -0.25) is 4.79 Å². The van der Waals surface area contributed by atoms with Crippen LogP contribution in [0.2, 0.25) is 0 Å². The van der Waals surface area contributed by atoms with E-state index in [0.717, 1.165) is 25.7 Å². The number of nitrogens with one attached hydrogen (secondary N) is 1. The van der Waals surface area contributed by atoms with Crippen molar-refractivity contribution in [1.29, 1.82) is 0 Å². The molecule has 3 N–H and O–H groups in total. The summed E-state index contributed by atoms with van der Waals surface area (Å²) in [5, 5.41) is 2.94. The Morgan fingerprint density at radius 2 is 2.00 bits per heavy atom. The Hall–Kier alpha value is -1.69. The van der Waals surface area contributed by atoms with Crippen molar-refractivity contribution >= 4 is 11.7 Å². The van der Waals surface area contributed by atoms with E-state index in [0.29, 0.717) is 6.10 Å². The van der Waals surface area contributed by atoms with Gasteiger partial charge in [-0.2, -0.15) is 0 Å². The summed E-state index contributed by atoms with van der Waals surface area (Å²) in [5.74, 6) is -0.0814. The Bertz CT molecular complexity index is 416. The number of amides is 1. The second-order valence-corrected chi connectivity index (χ2v) is 4.47. The van der Waals surface area contributed by atoms with E-state index < -0.39 is 0 Å². The van der Waals surface area contributed by atoms with Gasteiger partial charge in [0.15, 0.2) is 11.5 Å². The number of carbonyl (C=O) groups excluding carboxylic acids is 1. The second-order valence-electron chi connectivity index (χ2n) is 4.47. The lowest BCUT2D eigenvalue weighted by Crippen LogP contribution is -2.39. The Morgan fingerprint density at radius 1 is 1.33 bits per heavy atom. The number of nitrogens with two attached hydrogens (primary N) is 1. The van der Waals surface area contributed by atoms with E-state index in [2.05, 4.69) is 15.3 Å². The molecule has 2 rings (SSSR count). The lowest BCUT2D eigenvalue weighted by atomic mass is 9.93. The van der Waals surface area contributed by atoms with E-state index in [9.17, 15) is 4.79 Å². The van der Waals surface area contributed by atoms with E-state index in [1.54, 1.807) is 7.11 Å². The quantitative estimate of drug-likeness (QED) is 0.826. The standard InChI is InChI=1S/C12H18N4O2/c1-18-9-4-2-8(3-5-9)16-12(17)10-11(13)15-7-6-14-10/h6-9H,2-5H2,1H3,(H2,13,15)(H,16,17). The van der Waals surface area contributed by atoms with Crippen molar-refractivity contribution < 1.29 is 9.53 Å². The highest BCUT2D eigenvalue weighted by molar-refractivity contribution is 5.96. The predicted molar refractivity (Wildman–Crippen MR) is 67.0 cm³/mol. The average molecular weight is 250 g/mol. The monoisotopic (exact) mass is 250 g/mol. The first-order valence-electron chi connectivity index (χ1n) is 6.11. The largest absolute Gasteiger partial charge is 0.382 e. The minimum atomic E-state index is -0.249. The molecule has 1 amide bonds. The Balaban J connectivity index is 1.91. The average Bonchev–Trinajstić information content (AvgIpc) is 2.40. The number of nitrogens with zero attached hydrogens (tertiary/aromatic N) is 2. The summed E-state index contributed by atoms with van der Waals surface area (Å²) in [4.78, 5) is 19.8. The topological polar surface area (TPSA) is 90.1 Å². The van der Waals surface area contributed by atoms with E-state index in [1.807, 2.05) is 0 Å². The van der Waals surface area contributed by atoms with Crippen molar-refractivity contribution in [2.24, 2.45) is 0 Å². The fourth-order valence-corrected chi connectivity index (χ4v) is 2.22. The molecule has 1 fully saturated rings. The van der Waals surface area contributed by atoms with E-state index in [4.69, 9.17) is 10.5 Å². The van der Waals surface area contributed by atoms with E-state index in [1.165, 1.54) is 12.4 Å². The number of hydrogen-bond donors (Lipinski definition) is 2. The lowest BCUT2D eigenvalue weighted by Gasteiger charge is -2.28. The minimum absolute atomic E-state index is 0.167. The molecule has 1 aromatic heterocycles. The van der Waals surface area contributed by atoms with Gasteiger partial charge in [0, 0.05) is 25.5 Å². The zero-order chi connectivity index (χ0) is 13.0. The van der Waals surface area contributed by atoms with Crippen LogP contribution in [-0.4, -0.2) is 35.1 Å². The maximum Gasteiger partial charge on any atom is 0.273 e. The second kappa shape index (κ2) is 5.77. The van der Waals surface area contributed by atoms with E-state index >= 15 is 0 Å². The summed E-state index contributed by atoms with van der Waals surface area (Å²) >= 11 is 0. The number of carbonyl (C=O) groups is 1. The molecule has 0 aliphatic heterocycles. The zero-order valence-corrected chi connectivity index (χ0v) is 10.4. The van der Waals surface area contributed by atoms with Crippen molar-refractivity contribution in [2.45, 2.75) is 37.8 Å². The first-order valence-corrected chi connectivity index (χ1v) is 6.11.